The predicted molar refractivity (Wildman–Crippen MR) is 71.0 cm³/mol. The van der Waals surface area contributed by atoms with Crippen molar-refractivity contribution in [3.8, 4) is 0 Å². The first kappa shape index (κ1) is 15.4. The van der Waals surface area contributed by atoms with Gasteiger partial charge in [0, 0.05) is 17.9 Å². The molecule has 19 heavy (non-hydrogen) atoms. The second kappa shape index (κ2) is 7.74. The van der Waals surface area contributed by atoms with Gasteiger partial charge in [0.15, 0.2) is 5.78 Å². The van der Waals surface area contributed by atoms with Gasteiger partial charge in [-0.05, 0) is 32.9 Å². The van der Waals surface area contributed by atoms with E-state index in [2.05, 4.69) is 9.30 Å². The maximum atomic E-state index is 11.4. The molecule has 1 rings (SSSR count). The van der Waals surface area contributed by atoms with Crippen LogP contribution in [-0.4, -0.2) is 36.1 Å². The predicted octanol–water partition coefficient (Wildman–Crippen LogP) is 1.64. The number of ether oxygens (including phenoxy) is 2. The Balaban J connectivity index is 2.21. The van der Waals surface area contributed by atoms with Crippen molar-refractivity contribution in [2.24, 2.45) is 0 Å². The van der Waals surface area contributed by atoms with Crippen molar-refractivity contribution >= 4 is 11.8 Å². The lowest BCUT2D eigenvalue weighted by molar-refractivity contribution is -0.146. The first-order valence-corrected chi connectivity index (χ1v) is 6.42. The van der Waals surface area contributed by atoms with Crippen LogP contribution in [0.25, 0.3) is 0 Å². The zero-order valence-electron chi connectivity index (χ0n) is 11.8. The van der Waals surface area contributed by atoms with Gasteiger partial charge < -0.3 is 14.0 Å². The quantitative estimate of drug-likeness (QED) is 0.408. The largest absolute Gasteiger partial charge is 0.466 e. The van der Waals surface area contributed by atoms with Gasteiger partial charge in [0.25, 0.3) is 0 Å². The summed E-state index contributed by atoms with van der Waals surface area (Å²) in [5, 5.41) is 0. The van der Waals surface area contributed by atoms with Crippen LogP contribution in [-0.2, 0) is 25.6 Å². The minimum atomic E-state index is -0.492. The average Bonchev–Trinajstić information content (AvgIpc) is 2.65. The second-order valence-electron chi connectivity index (χ2n) is 4.34. The van der Waals surface area contributed by atoms with Crippen LogP contribution in [0.1, 0.15) is 24.7 Å². The summed E-state index contributed by atoms with van der Waals surface area (Å²) in [6, 6.07) is 4.09. The van der Waals surface area contributed by atoms with Crippen LogP contribution < -0.4 is 0 Å². The molecule has 5 heteroatoms. The van der Waals surface area contributed by atoms with E-state index in [0.717, 1.165) is 0 Å². The van der Waals surface area contributed by atoms with E-state index < -0.39 is 5.97 Å². The molecule has 0 unspecified atom stereocenters. The van der Waals surface area contributed by atoms with Crippen molar-refractivity contribution in [2.45, 2.75) is 33.7 Å². The van der Waals surface area contributed by atoms with Crippen LogP contribution in [0, 0.1) is 13.8 Å². The molecule has 1 aromatic rings. The Labute approximate surface area is 113 Å². The molecular formula is C14H21NO4. The fourth-order valence-corrected chi connectivity index (χ4v) is 1.82. The third kappa shape index (κ3) is 5.26. The Kier molecular flexibility index (Phi) is 6.29. The summed E-state index contributed by atoms with van der Waals surface area (Å²) in [5.74, 6) is -0.743. The van der Waals surface area contributed by atoms with E-state index in [0.29, 0.717) is 19.8 Å². The highest BCUT2D eigenvalue weighted by Gasteiger charge is 2.10. The Morgan fingerprint density at radius 1 is 1.21 bits per heavy atom. The molecule has 0 aliphatic heterocycles. The molecule has 1 aromatic heterocycles. The first-order chi connectivity index (χ1) is 9.04. The van der Waals surface area contributed by atoms with Crippen LogP contribution in [0.4, 0.5) is 0 Å². The summed E-state index contributed by atoms with van der Waals surface area (Å²) in [5.41, 5.74) is 2.33. The van der Waals surface area contributed by atoms with Crippen molar-refractivity contribution in [2.75, 3.05) is 19.8 Å². The maximum absolute atomic E-state index is 11.4. The van der Waals surface area contributed by atoms with Gasteiger partial charge in [0.2, 0.25) is 0 Å². The van der Waals surface area contributed by atoms with Gasteiger partial charge in [-0.15, -0.1) is 0 Å². The van der Waals surface area contributed by atoms with E-state index in [4.69, 9.17) is 4.74 Å². The van der Waals surface area contributed by atoms with Crippen molar-refractivity contribution in [1.82, 2.24) is 4.57 Å². The van der Waals surface area contributed by atoms with Gasteiger partial charge in [-0.25, -0.2) is 0 Å². The molecule has 0 aliphatic carbocycles. The standard InChI is InChI=1S/C14H21NO4/c1-4-19-14(17)9-13(16)10-18-8-7-15-11(2)5-6-12(15)3/h5-6H,4,7-10H2,1-3H3. The fourth-order valence-electron chi connectivity index (χ4n) is 1.82. The molecule has 0 aromatic carbocycles. The van der Waals surface area contributed by atoms with Gasteiger partial charge in [-0.1, -0.05) is 0 Å². The van der Waals surface area contributed by atoms with Crippen molar-refractivity contribution in [3.63, 3.8) is 0 Å². The third-order valence-electron chi connectivity index (χ3n) is 2.79. The zero-order valence-corrected chi connectivity index (χ0v) is 11.8. The molecule has 0 saturated carbocycles. The summed E-state index contributed by atoms with van der Waals surface area (Å²) in [4.78, 5) is 22.5. The van der Waals surface area contributed by atoms with Gasteiger partial charge in [0.05, 0.1) is 13.2 Å². The summed E-state index contributed by atoms with van der Waals surface area (Å²) >= 11 is 0. The number of aromatic nitrogens is 1. The number of rotatable bonds is 8. The number of carbonyl (C=O) groups is 2. The molecule has 0 bridgehead atoms. The van der Waals surface area contributed by atoms with E-state index in [-0.39, 0.29) is 18.8 Å². The van der Waals surface area contributed by atoms with Gasteiger partial charge >= 0.3 is 5.97 Å². The number of carbonyl (C=O) groups excluding carboxylic acids is 2. The average molecular weight is 267 g/mol. The molecule has 0 aliphatic rings. The van der Waals surface area contributed by atoms with Crippen molar-refractivity contribution in [3.05, 3.63) is 23.5 Å². The topological polar surface area (TPSA) is 57.5 Å². The number of ketones is 1. The van der Waals surface area contributed by atoms with Crippen LogP contribution in [0.5, 0.6) is 0 Å². The lowest BCUT2D eigenvalue weighted by Crippen LogP contribution is -2.17. The van der Waals surface area contributed by atoms with E-state index in [1.807, 2.05) is 26.0 Å². The number of hydrogen-bond donors (Lipinski definition) is 0. The summed E-state index contributed by atoms with van der Waals surface area (Å²) in [6.07, 6.45) is -0.213. The third-order valence-corrected chi connectivity index (χ3v) is 2.79. The minimum Gasteiger partial charge on any atom is -0.466 e. The second-order valence-corrected chi connectivity index (χ2v) is 4.34. The Bertz CT molecular complexity index is 417. The number of esters is 1. The zero-order chi connectivity index (χ0) is 14.3. The number of nitrogens with zero attached hydrogens (tertiary/aromatic N) is 1. The van der Waals surface area contributed by atoms with Crippen LogP contribution in [0.3, 0.4) is 0 Å². The van der Waals surface area contributed by atoms with Crippen molar-refractivity contribution < 1.29 is 19.1 Å². The lowest BCUT2D eigenvalue weighted by Gasteiger charge is -2.09. The monoisotopic (exact) mass is 267 g/mol. The SMILES string of the molecule is CCOC(=O)CC(=O)COCCn1c(C)ccc1C. The normalized spacial score (nSPS) is 10.5. The van der Waals surface area contributed by atoms with Crippen LogP contribution in [0.15, 0.2) is 12.1 Å². The molecule has 106 valence electrons. The first-order valence-electron chi connectivity index (χ1n) is 6.42. The minimum absolute atomic E-state index is 0.0435. The highest BCUT2D eigenvalue weighted by molar-refractivity contribution is 5.96. The molecule has 1 heterocycles. The number of aryl methyl sites for hydroxylation is 2. The number of hydrogen-bond acceptors (Lipinski definition) is 4. The molecule has 0 N–H and O–H groups in total. The molecular weight excluding hydrogens is 246 g/mol. The Morgan fingerprint density at radius 2 is 1.84 bits per heavy atom. The van der Waals surface area contributed by atoms with E-state index in [9.17, 15) is 9.59 Å². The van der Waals surface area contributed by atoms with E-state index in [1.54, 1.807) is 6.92 Å². The van der Waals surface area contributed by atoms with Crippen LogP contribution >= 0.6 is 0 Å². The molecule has 0 radical (unpaired) electrons. The van der Waals surface area contributed by atoms with E-state index in [1.165, 1.54) is 11.4 Å². The Morgan fingerprint density at radius 3 is 2.42 bits per heavy atom. The van der Waals surface area contributed by atoms with Gasteiger partial charge in [0.1, 0.15) is 13.0 Å². The molecule has 0 saturated heterocycles. The van der Waals surface area contributed by atoms with E-state index >= 15 is 0 Å². The molecule has 0 spiro atoms. The van der Waals surface area contributed by atoms with Crippen LogP contribution in [0.2, 0.25) is 0 Å². The highest BCUT2D eigenvalue weighted by atomic mass is 16.5. The lowest BCUT2D eigenvalue weighted by atomic mass is 10.3. The smallest absolute Gasteiger partial charge is 0.313 e. The van der Waals surface area contributed by atoms with Crippen molar-refractivity contribution in [1.29, 1.82) is 0 Å². The Hall–Kier alpha value is -1.62. The fraction of sp³-hybridized carbons (Fsp3) is 0.571. The molecule has 0 atom stereocenters. The van der Waals surface area contributed by atoms with Gasteiger partial charge in [-0.3, -0.25) is 9.59 Å². The molecule has 5 nitrogen and oxygen atoms in total. The maximum Gasteiger partial charge on any atom is 0.313 e. The summed E-state index contributed by atoms with van der Waals surface area (Å²) in [6.45, 7) is 7.16. The number of Topliss-reactive ketones (excluding diaryl/α,β-unsaturated/α-hetero) is 1. The summed E-state index contributed by atoms with van der Waals surface area (Å²) in [7, 11) is 0. The molecule has 0 amide bonds. The molecule has 0 fully saturated rings. The van der Waals surface area contributed by atoms with Gasteiger partial charge in [-0.2, -0.15) is 0 Å². The highest BCUT2D eigenvalue weighted by Crippen LogP contribution is 2.06. The summed E-state index contributed by atoms with van der Waals surface area (Å²) < 4.78 is 12.1.